The molecule has 0 saturated carbocycles. The Labute approximate surface area is 137 Å². The lowest BCUT2D eigenvalue weighted by Gasteiger charge is -2.13. The van der Waals surface area contributed by atoms with Crippen LogP contribution in [0.15, 0.2) is 23.2 Å². The monoisotopic (exact) mass is 322 g/mol. The Balaban J connectivity index is 2.28. The molecule has 0 fully saturated rings. The highest BCUT2D eigenvalue weighted by molar-refractivity contribution is 5.80. The minimum Gasteiger partial charge on any atom is -0.356 e. The number of aliphatic imine (C=N–C) groups is 1. The highest BCUT2D eigenvalue weighted by atomic mass is 19.1. The smallest absolute Gasteiger partial charge is 0.222 e. The van der Waals surface area contributed by atoms with Gasteiger partial charge >= 0.3 is 0 Å². The van der Waals surface area contributed by atoms with Crippen molar-refractivity contribution in [3.8, 4) is 0 Å². The molecule has 0 aliphatic heterocycles. The SMILES string of the molecule is CN=C(NCCNC(=O)C(C)C)NCCc1ccc(F)cc1C. The maximum absolute atomic E-state index is 13.1. The van der Waals surface area contributed by atoms with Crippen molar-refractivity contribution >= 4 is 11.9 Å². The van der Waals surface area contributed by atoms with Crippen molar-refractivity contribution in [2.24, 2.45) is 10.9 Å². The molecule has 1 amide bonds. The first-order valence-electron chi connectivity index (χ1n) is 7.91. The highest BCUT2D eigenvalue weighted by Crippen LogP contribution is 2.10. The zero-order valence-corrected chi connectivity index (χ0v) is 14.4. The van der Waals surface area contributed by atoms with Crippen molar-refractivity contribution in [1.82, 2.24) is 16.0 Å². The van der Waals surface area contributed by atoms with Crippen molar-refractivity contribution in [3.63, 3.8) is 0 Å². The van der Waals surface area contributed by atoms with Crippen molar-refractivity contribution in [2.45, 2.75) is 27.2 Å². The van der Waals surface area contributed by atoms with E-state index < -0.39 is 0 Å². The van der Waals surface area contributed by atoms with Crippen LogP contribution in [-0.4, -0.2) is 38.5 Å². The standard InChI is InChI=1S/C17H27FN4O/c1-12(2)16(23)20-9-10-22-17(19-4)21-8-7-14-5-6-15(18)11-13(14)3/h5-6,11-12H,7-10H2,1-4H3,(H,20,23)(H2,19,21,22). The Hall–Kier alpha value is -2.11. The van der Waals surface area contributed by atoms with Crippen LogP contribution in [0.2, 0.25) is 0 Å². The number of carbonyl (C=O) groups excluding carboxylic acids is 1. The summed E-state index contributed by atoms with van der Waals surface area (Å²) in [6, 6.07) is 4.83. The number of benzene rings is 1. The minimum atomic E-state index is -0.208. The molecular formula is C17H27FN4O. The van der Waals surface area contributed by atoms with Gasteiger partial charge in [0, 0.05) is 32.6 Å². The lowest BCUT2D eigenvalue weighted by atomic mass is 10.1. The molecule has 3 N–H and O–H groups in total. The molecule has 0 bridgehead atoms. The quantitative estimate of drug-likeness (QED) is 0.406. The zero-order valence-electron chi connectivity index (χ0n) is 14.4. The topological polar surface area (TPSA) is 65.5 Å². The fraction of sp³-hybridized carbons (Fsp3) is 0.529. The molecule has 0 saturated heterocycles. The van der Waals surface area contributed by atoms with E-state index >= 15 is 0 Å². The summed E-state index contributed by atoms with van der Waals surface area (Å²) < 4.78 is 13.1. The van der Waals surface area contributed by atoms with Crippen LogP contribution in [0.3, 0.4) is 0 Å². The Morgan fingerprint density at radius 1 is 1.17 bits per heavy atom. The summed E-state index contributed by atoms with van der Waals surface area (Å²) in [5, 5.41) is 9.18. The second-order valence-electron chi connectivity index (χ2n) is 5.69. The number of halogens is 1. The molecule has 5 nitrogen and oxygen atoms in total. The molecule has 6 heteroatoms. The summed E-state index contributed by atoms with van der Waals surface area (Å²) in [7, 11) is 1.70. The first kappa shape index (κ1) is 18.9. The largest absolute Gasteiger partial charge is 0.356 e. The molecule has 0 heterocycles. The van der Waals surface area contributed by atoms with Crippen LogP contribution < -0.4 is 16.0 Å². The van der Waals surface area contributed by atoms with Gasteiger partial charge in [0.25, 0.3) is 0 Å². The van der Waals surface area contributed by atoms with Gasteiger partial charge in [0.2, 0.25) is 5.91 Å². The van der Waals surface area contributed by atoms with Crippen molar-refractivity contribution in [2.75, 3.05) is 26.7 Å². The molecule has 23 heavy (non-hydrogen) atoms. The van der Waals surface area contributed by atoms with Gasteiger partial charge < -0.3 is 16.0 Å². The molecule has 1 rings (SSSR count). The molecular weight excluding hydrogens is 295 g/mol. The summed E-state index contributed by atoms with van der Waals surface area (Å²) in [6.45, 7) is 7.48. The Morgan fingerprint density at radius 2 is 1.83 bits per heavy atom. The summed E-state index contributed by atoms with van der Waals surface area (Å²) in [6.07, 6.45) is 0.789. The van der Waals surface area contributed by atoms with E-state index in [4.69, 9.17) is 0 Å². The lowest BCUT2D eigenvalue weighted by Crippen LogP contribution is -2.42. The number of amides is 1. The third-order valence-electron chi connectivity index (χ3n) is 3.46. The van der Waals surface area contributed by atoms with E-state index in [9.17, 15) is 9.18 Å². The summed E-state index contributed by atoms with van der Waals surface area (Å²) in [4.78, 5) is 15.6. The van der Waals surface area contributed by atoms with Gasteiger partial charge in [-0.1, -0.05) is 19.9 Å². The number of hydrogen-bond donors (Lipinski definition) is 3. The average Bonchev–Trinajstić information content (AvgIpc) is 2.51. The molecule has 0 atom stereocenters. The molecule has 128 valence electrons. The molecule has 0 aliphatic rings. The van der Waals surface area contributed by atoms with Gasteiger partial charge in [-0.2, -0.15) is 0 Å². The third kappa shape index (κ3) is 7.13. The summed E-state index contributed by atoms with van der Waals surface area (Å²) in [5.41, 5.74) is 2.06. The normalized spacial score (nSPS) is 11.5. The Kier molecular flexibility index (Phi) is 8.08. The van der Waals surface area contributed by atoms with Crippen molar-refractivity contribution < 1.29 is 9.18 Å². The molecule has 0 aliphatic carbocycles. The predicted octanol–water partition coefficient (Wildman–Crippen LogP) is 1.61. The summed E-state index contributed by atoms with van der Waals surface area (Å²) >= 11 is 0. The van der Waals surface area contributed by atoms with Crippen molar-refractivity contribution in [3.05, 3.63) is 35.1 Å². The molecule has 1 aromatic carbocycles. The van der Waals surface area contributed by atoms with E-state index in [2.05, 4.69) is 20.9 Å². The lowest BCUT2D eigenvalue weighted by molar-refractivity contribution is -0.123. The Bertz CT molecular complexity index is 543. The summed E-state index contributed by atoms with van der Waals surface area (Å²) in [5.74, 6) is 0.511. The third-order valence-corrected chi connectivity index (χ3v) is 3.46. The van der Waals surface area contributed by atoms with Crippen LogP contribution in [-0.2, 0) is 11.2 Å². The first-order valence-corrected chi connectivity index (χ1v) is 7.91. The fourth-order valence-electron chi connectivity index (χ4n) is 2.05. The van der Waals surface area contributed by atoms with Gasteiger partial charge in [0.05, 0.1) is 0 Å². The van der Waals surface area contributed by atoms with Gasteiger partial charge in [-0.05, 0) is 36.6 Å². The predicted molar refractivity (Wildman–Crippen MR) is 92.1 cm³/mol. The zero-order chi connectivity index (χ0) is 17.2. The van der Waals surface area contributed by atoms with Gasteiger partial charge in [-0.25, -0.2) is 4.39 Å². The molecule has 0 unspecified atom stereocenters. The van der Waals surface area contributed by atoms with Crippen molar-refractivity contribution in [1.29, 1.82) is 0 Å². The van der Waals surface area contributed by atoms with E-state index in [1.807, 2.05) is 26.8 Å². The fourth-order valence-corrected chi connectivity index (χ4v) is 2.05. The van der Waals surface area contributed by atoms with Gasteiger partial charge in [0.1, 0.15) is 5.82 Å². The number of hydrogen-bond acceptors (Lipinski definition) is 2. The Morgan fingerprint density at radius 3 is 2.43 bits per heavy atom. The number of nitrogens with one attached hydrogen (secondary N) is 3. The number of guanidine groups is 1. The van der Waals surface area contributed by atoms with Gasteiger partial charge in [-0.3, -0.25) is 9.79 Å². The van der Waals surface area contributed by atoms with E-state index in [0.717, 1.165) is 17.5 Å². The maximum Gasteiger partial charge on any atom is 0.222 e. The van der Waals surface area contributed by atoms with Crippen LogP contribution in [0.1, 0.15) is 25.0 Å². The number of nitrogens with zero attached hydrogens (tertiary/aromatic N) is 1. The first-order chi connectivity index (χ1) is 10.9. The second kappa shape index (κ2) is 9.82. The van der Waals surface area contributed by atoms with Crippen LogP contribution in [0.4, 0.5) is 4.39 Å². The molecule has 0 aromatic heterocycles. The van der Waals surface area contributed by atoms with Crippen LogP contribution in [0.5, 0.6) is 0 Å². The van der Waals surface area contributed by atoms with E-state index in [1.54, 1.807) is 13.1 Å². The van der Waals surface area contributed by atoms with Gasteiger partial charge in [-0.15, -0.1) is 0 Å². The molecule has 0 spiro atoms. The molecule has 0 radical (unpaired) electrons. The highest BCUT2D eigenvalue weighted by Gasteiger charge is 2.05. The van der Waals surface area contributed by atoms with Gasteiger partial charge in [0.15, 0.2) is 5.96 Å². The van der Waals surface area contributed by atoms with Crippen LogP contribution in [0.25, 0.3) is 0 Å². The number of aryl methyl sites for hydroxylation is 1. The van der Waals surface area contributed by atoms with E-state index in [1.165, 1.54) is 6.07 Å². The maximum atomic E-state index is 13.1. The minimum absolute atomic E-state index is 0.00798. The van der Waals surface area contributed by atoms with E-state index in [-0.39, 0.29) is 17.6 Å². The molecule has 1 aromatic rings. The number of carbonyl (C=O) groups is 1. The average molecular weight is 322 g/mol. The second-order valence-corrected chi connectivity index (χ2v) is 5.69. The van der Waals surface area contributed by atoms with Crippen LogP contribution >= 0.6 is 0 Å². The van der Waals surface area contributed by atoms with E-state index in [0.29, 0.717) is 25.6 Å². The number of rotatable bonds is 7. The van der Waals surface area contributed by atoms with Crippen LogP contribution in [0, 0.1) is 18.7 Å².